The summed E-state index contributed by atoms with van der Waals surface area (Å²) in [4.78, 5) is 5.91. The van der Waals surface area contributed by atoms with Crippen molar-refractivity contribution >= 4 is 11.3 Å². The Kier molecular flexibility index (Phi) is 4.11. The second-order valence-electron chi connectivity index (χ2n) is 4.87. The van der Waals surface area contributed by atoms with Crippen LogP contribution in [0.15, 0.2) is 48.5 Å². The van der Waals surface area contributed by atoms with E-state index in [9.17, 15) is 0 Å². The standard InChI is InChI=1S/C18H17NO2S/c1-12-17(13-7-5-4-6-8-13)22-18(19-12)14-9-10-15(20-2)16(11-14)21-3/h4-11H,1-3H3. The molecule has 3 aromatic rings. The van der Waals surface area contributed by atoms with Crippen LogP contribution in [0.1, 0.15) is 5.69 Å². The van der Waals surface area contributed by atoms with Gasteiger partial charge in [-0.3, -0.25) is 0 Å². The monoisotopic (exact) mass is 311 g/mol. The number of aryl methyl sites for hydroxylation is 1. The number of methoxy groups -OCH3 is 2. The fourth-order valence-electron chi connectivity index (χ4n) is 2.35. The van der Waals surface area contributed by atoms with E-state index in [4.69, 9.17) is 14.5 Å². The van der Waals surface area contributed by atoms with Crippen LogP contribution in [0.3, 0.4) is 0 Å². The molecule has 0 bridgehead atoms. The van der Waals surface area contributed by atoms with Gasteiger partial charge in [-0.2, -0.15) is 0 Å². The Hall–Kier alpha value is -2.33. The molecule has 3 nitrogen and oxygen atoms in total. The highest BCUT2D eigenvalue weighted by Crippen LogP contribution is 2.38. The first-order chi connectivity index (χ1) is 10.7. The van der Waals surface area contributed by atoms with Crippen molar-refractivity contribution in [2.75, 3.05) is 14.2 Å². The van der Waals surface area contributed by atoms with Gasteiger partial charge in [-0.25, -0.2) is 4.98 Å². The lowest BCUT2D eigenvalue weighted by atomic mass is 10.2. The van der Waals surface area contributed by atoms with Crippen LogP contribution in [-0.4, -0.2) is 19.2 Å². The molecule has 0 saturated carbocycles. The molecule has 0 atom stereocenters. The van der Waals surface area contributed by atoms with Crippen molar-refractivity contribution in [1.29, 1.82) is 0 Å². The van der Waals surface area contributed by atoms with E-state index in [0.29, 0.717) is 5.75 Å². The van der Waals surface area contributed by atoms with Gasteiger partial charge in [-0.1, -0.05) is 30.3 Å². The minimum Gasteiger partial charge on any atom is -0.493 e. The molecule has 22 heavy (non-hydrogen) atoms. The molecule has 0 amide bonds. The quantitative estimate of drug-likeness (QED) is 0.693. The van der Waals surface area contributed by atoms with Crippen molar-refractivity contribution in [3.63, 3.8) is 0 Å². The van der Waals surface area contributed by atoms with Crippen LogP contribution in [-0.2, 0) is 0 Å². The number of hydrogen-bond acceptors (Lipinski definition) is 4. The fourth-order valence-corrected chi connectivity index (χ4v) is 3.41. The summed E-state index contributed by atoms with van der Waals surface area (Å²) in [6.07, 6.45) is 0. The van der Waals surface area contributed by atoms with Gasteiger partial charge in [-0.05, 0) is 30.7 Å². The van der Waals surface area contributed by atoms with Crippen LogP contribution in [0.25, 0.3) is 21.0 Å². The minimum absolute atomic E-state index is 0.717. The maximum absolute atomic E-state index is 5.37. The van der Waals surface area contributed by atoms with Crippen LogP contribution in [0.5, 0.6) is 11.5 Å². The van der Waals surface area contributed by atoms with Gasteiger partial charge in [-0.15, -0.1) is 11.3 Å². The van der Waals surface area contributed by atoms with Crippen molar-refractivity contribution in [3.8, 4) is 32.5 Å². The van der Waals surface area contributed by atoms with Gasteiger partial charge in [0.1, 0.15) is 5.01 Å². The summed E-state index contributed by atoms with van der Waals surface area (Å²) in [5.74, 6) is 1.44. The Morgan fingerprint density at radius 1 is 0.864 bits per heavy atom. The molecule has 0 aliphatic heterocycles. The van der Waals surface area contributed by atoms with Crippen molar-refractivity contribution in [1.82, 2.24) is 4.98 Å². The topological polar surface area (TPSA) is 31.4 Å². The van der Waals surface area contributed by atoms with E-state index in [1.807, 2.05) is 43.3 Å². The van der Waals surface area contributed by atoms with E-state index in [2.05, 4.69) is 12.1 Å². The zero-order chi connectivity index (χ0) is 15.5. The highest BCUT2D eigenvalue weighted by atomic mass is 32.1. The van der Waals surface area contributed by atoms with Crippen LogP contribution in [0.4, 0.5) is 0 Å². The van der Waals surface area contributed by atoms with Crippen LogP contribution in [0.2, 0.25) is 0 Å². The molecule has 0 radical (unpaired) electrons. The summed E-state index contributed by atoms with van der Waals surface area (Å²) in [5, 5.41) is 0.984. The molecule has 0 aliphatic rings. The molecule has 0 N–H and O–H groups in total. The minimum atomic E-state index is 0.717. The fraction of sp³-hybridized carbons (Fsp3) is 0.167. The molecule has 0 fully saturated rings. The average Bonchev–Trinajstić information content (AvgIpc) is 2.97. The molecule has 1 aromatic heterocycles. The maximum Gasteiger partial charge on any atom is 0.161 e. The SMILES string of the molecule is COc1ccc(-c2nc(C)c(-c3ccccc3)s2)cc1OC. The first-order valence-corrected chi connectivity index (χ1v) is 7.80. The molecule has 112 valence electrons. The maximum atomic E-state index is 5.37. The Morgan fingerprint density at radius 2 is 1.59 bits per heavy atom. The van der Waals surface area contributed by atoms with Gasteiger partial charge < -0.3 is 9.47 Å². The molecule has 0 aliphatic carbocycles. The number of ether oxygens (including phenoxy) is 2. The summed E-state index contributed by atoms with van der Waals surface area (Å²) in [6, 6.07) is 16.2. The van der Waals surface area contributed by atoms with Crippen molar-refractivity contribution in [3.05, 3.63) is 54.2 Å². The Bertz CT molecular complexity index is 781. The molecular weight excluding hydrogens is 294 g/mol. The molecule has 4 heteroatoms. The van der Waals surface area contributed by atoms with Crippen LogP contribution in [0, 0.1) is 6.92 Å². The normalized spacial score (nSPS) is 10.5. The van der Waals surface area contributed by atoms with Gasteiger partial charge in [0.05, 0.1) is 24.8 Å². The average molecular weight is 311 g/mol. The molecule has 0 saturated heterocycles. The third-order valence-electron chi connectivity index (χ3n) is 3.46. The van der Waals surface area contributed by atoms with E-state index in [1.54, 1.807) is 25.6 Å². The molecule has 2 aromatic carbocycles. The molecular formula is C18H17NO2S. The van der Waals surface area contributed by atoms with Crippen LogP contribution < -0.4 is 9.47 Å². The number of thiazole rings is 1. The van der Waals surface area contributed by atoms with Gasteiger partial charge in [0, 0.05) is 5.56 Å². The Balaban J connectivity index is 2.03. The lowest BCUT2D eigenvalue weighted by molar-refractivity contribution is 0.355. The predicted octanol–water partition coefficient (Wildman–Crippen LogP) is 4.80. The first kappa shape index (κ1) is 14.6. The van der Waals surface area contributed by atoms with E-state index >= 15 is 0 Å². The van der Waals surface area contributed by atoms with Gasteiger partial charge in [0.25, 0.3) is 0 Å². The van der Waals surface area contributed by atoms with Crippen molar-refractivity contribution in [2.24, 2.45) is 0 Å². The summed E-state index contributed by atoms with van der Waals surface area (Å²) in [5.41, 5.74) is 3.28. The first-order valence-electron chi connectivity index (χ1n) is 6.98. The lowest BCUT2D eigenvalue weighted by Gasteiger charge is -2.08. The van der Waals surface area contributed by atoms with E-state index < -0.39 is 0 Å². The largest absolute Gasteiger partial charge is 0.493 e. The van der Waals surface area contributed by atoms with Crippen LogP contribution >= 0.6 is 11.3 Å². The summed E-state index contributed by atoms with van der Waals surface area (Å²) >= 11 is 1.69. The smallest absolute Gasteiger partial charge is 0.161 e. The number of nitrogens with zero attached hydrogens (tertiary/aromatic N) is 1. The van der Waals surface area contributed by atoms with E-state index in [1.165, 1.54) is 10.4 Å². The molecule has 1 heterocycles. The van der Waals surface area contributed by atoms with Crippen molar-refractivity contribution in [2.45, 2.75) is 6.92 Å². The molecule has 0 unspecified atom stereocenters. The number of aromatic nitrogens is 1. The van der Waals surface area contributed by atoms with Gasteiger partial charge in [0.2, 0.25) is 0 Å². The van der Waals surface area contributed by atoms with Gasteiger partial charge >= 0.3 is 0 Å². The lowest BCUT2D eigenvalue weighted by Crippen LogP contribution is -1.90. The predicted molar refractivity (Wildman–Crippen MR) is 90.8 cm³/mol. The number of benzene rings is 2. The third-order valence-corrected chi connectivity index (χ3v) is 4.72. The summed E-state index contributed by atoms with van der Waals surface area (Å²) in [7, 11) is 3.28. The van der Waals surface area contributed by atoms with Gasteiger partial charge in [0.15, 0.2) is 11.5 Å². The Labute approximate surface area is 134 Å². The summed E-state index contributed by atoms with van der Waals surface area (Å²) in [6.45, 7) is 2.04. The van der Waals surface area contributed by atoms with Crippen molar-refractivity contribution < 1.29 is 9.47 Å². The zero-order valence-corrected chi connectivity index (χ0v) is 13.6. The zero-order valence-electron chi connectivity index (χ0n) is 12.8. The third kappa shape index (κ3) is 2.70. The van der Waals surface area contributed by atoms with E-state index in [-0.39, 0.29) is 0 Å². The number of hydrogen-bond donors (Lipinski definition) is 0. The second kappa shape index (κ2) is 6.20. The van der Waals surface area contributed by atoms with E-state index in [0.717, 1.165) is 22.0 Å². The molecule has 3 rings (SSSR count). The Morgan fingerprint density at radius 3 is 2.27 bits per heavy atom. The number of rotatable bonds is 4. The highest BCUT2D eigenvalue weighted by molar-refractivity contribution is 7.18. The molecule has 0 spiro atoms. The highest BCUT2D eigenvalue weighted by Gasteiger charge is 2.13. The second-order valence-corrected chi connectivity index (χ2v) is 5.87. The summed E-state index contributed by atoms with van der Waals surface area (Å²) < 4.78 is 10.7.